The van der Waals surface area contributed by atoms with Crippen molar-refractivity contribution in [2.24, 2.45) is 5.41 Å². The van der Waals surface area contributed by atoms with Gasteiger partial charge in [-0.1, -0.05) is 40.2 Å². The Morgan fingerprint density at radius 3 is 1.96 bits per heavy atom. The molecule has 154 valence electrons. The number of rotatable bonds is 7. The topological polar surface area (TPSA) is 46.5 Å². The van der Waals surface area contributed by atoms with Gasteiger partial charge in [0.05, 0.1) is 5.41 Å². The first kappa shape index (κ1) is 23.8. The summed E-state index contributed by atoms with van der Waals surface area (Å²) >= 11 is 3.35. The zero-order valence-corrected chi connectivity index (χ0v) is 16.9. The fourth-order valence-electron chi connectivity index (χ4n) is 2.22. The number of aliphatic hydroxyl groups is 1. The van der Waals surface area contributed by atoms with Crippen molar-refractivity contribution in [3.05, 3.63) is 35.4 Å². The second-order valence-electron chi connectivity index (χ2n) is 7.39. The molecule has 1 N–H and O–H groups in total. The first-order valence-corrected chi connectivity index (χ1v) is 8.97. The minimum absolute atomic E-state index is 0.163. The normalized spacial score (nSPS) is 16.6. The largest absolute Gasteiger partial charge is 0.459 e. The van der Waals surface area contributed by atoms with Crippen molar-refractivity contribution in [1.29, 1.82) is 0 Å². The van der Waals surface area contributed by atoms with Crippen LogP contribution < -0.4 is 0 Å². The second-order valence-corrected chi connectivity index (χ2v) is 8.50. The number of benzene rings is 1. The van der Waals surface area contributed by atoms with Crippen LogP contribution in [0.5, 0.6) is 0 Å². The number of halogens is 6. The lowest BCUT2D eigenvalue weighted by molar-refractivity contribution is -0.258. The number of hydrogen-bond donors (Lipinski definition) is 1. The molecule has 2 atom stereocenters. The summed E-state index contributed by atoms with van der Waals surface area (Å²) in [6.45, 7) is 3.33. The molecule has 0 fully saturated rings. The minimum atomic E-state index is -4.82. The van der Waals surface area contributed by atoms with Crippen LogP contribution in [-0.4, -0.2) is 29.8 Å². The monoisotopic (exact) mass is 460 g/mol. The summed E-state index contributed by atoms with van der Waals surface area (Å²) in [5, 5.41) is 9.68. The molecule has 1 rings (SSSR count). The van der Waals surface area contributed by atoms with Crippen molar-refractivity contribution >= 4 is 21.9 Å². The van der Waals surface area contributed by atoms with Gasteiger partial charge in [0.25, 0.3) is 5.92 Å². The quantitative estimate of drug-likeness (QED) is 0.331. The summed E-state index contributed by atoms with van der Waals surface area (Å²) in [4.78, 5) is 11.6. The van der Waals surface area contributed by atoms with Crippen LogP contribution >= 0.6 is 15.9 Å². The molecule has 0 radical (unpaired) electrons. The van der Waals surface area contributed by atoms with E-state index in [9.17, 15) is 31.9 Å². The molecule has 0 aliphatic heterocycles. The van der Waals surface area contributed by atoms with E-state index in [1.54, 1.807) is 0 Å². The minimum Gasteiger partial charge on any atom is -0.459 e. The van der Waals surface area contributed by atoms with Gasteiger partial charge in [-0.2, -0.15) is 13.2 Å². The summed E-state index contributed by atoms with van der Waals surface area (Å²) < 4.78 is 68.9. The van der Waals surface area contributed by atoms with E-state index in [1.165, 1.54) is 26.0 Å². The van der Waals surface area contributed by atoms with Gasteiger partial charge in [0.2, 0.25) is 0 Å². The first-order chi connectivity index (χ1) is 12.0. The highest BCUT2D eigenvalue weighted by molar-refractivity contribution is 9.09. The zero-order valence-electron chi connectivity index (χ0n) is 15.3. The molecule has 2 unspecified atom stereocenters. The summed E-state index contributed by atoms with van der Waals surface area (Å²) in [5.74, 6) is -3.93. The van der Waals surface area contributed by atoms with E-state index in [4.69, 9.17) is 0 Å². The number of carbonyl (C=O) groups is 1. The van der Waals surface area contributed by atoms with E-state index in [-0.39, 0.29) is 12.0 Å². The molecular formula is C18H22BrF5O3. The van der Waals surface area contributed by atoms with Crippen molar-refractivity contribution in [3.63, 3.8) is 0 Å². The van der Waals surface area contributed by atoms with Crippen LogP contribution in [0.25, 0.3) is 0 Å². The summed E-state index contributed by atoms with van der Waals surface area (Å²) in [7, 11) is 0. The Bertz CT molecular complexity index is 648. The fourth-order valence-corrected chi connectivity index (χ4v) is 3.33. The standard InChI is InChI=1S/C18H22BrF5O3/c1-15(2,14(25)27-10-16(3,20)21)9-13(19)11-5-7-12(8-6-11)17(4,26)18(22,23)24/h5-8,13,26H,9-10H2,1-4H3. The van der Waals surface area contributed by atoms with Gasteiger partial charge in [0.1, 0.15) is 0 Å². The van der Waals surface area contributed by atoms with Crippen molar-refractivity contribution in [2.75, 3.05) is 6.61 Å². The lowest BCUT2D eigenvalue weighted by Crippen LogP contribution is -2.39. The third-order valence-electron chi connectivity index (χ3n) is 4.09. The van der Waals surface area contributed by atoms with Gasteiger partial charge < -0.3 is 9.84 Å². The van der Waals surface area contributed by atoms with Crippen molar-refractivity contribution in [2.45, 2.75) is 56.6 Å². The van der Waals surface area contributed by atoms with Crippen LogP contribution in [-0.2, 0) is 15.1 Å². The van der Waals surface area contributed by atoms with E-state index in [0.29, 0.717) is 19.4 Å². The van der Waals surface area contributed by atoms with E-state index in [2.05, 4.69) is 20.7 Å². The molecule has 1 aromatic carbocycles. The summed E-state index contributed by atoms with van der Waals surface area (Å²) in [6.07, 6.45) is -4.66. The average molecular weight is 461 g/mol. The second kappa shape index (κ2) is 8.03. The Kier molecular flexibility index (Phi) is 7.08. The molecule has 0 bridgehead atoms. The van der Waals surface area contributed by atoms with Crippen molar-refractivity contribution < 1.29 is 36.6 Å². The highest BCUT2D eigenvalue weighted by atomic mass is 79.9. The van der Waals surface area contributed by atoms with E-state index >= 15 is 0 Å². The van der Waals surface area contributed by atoms with Gasteiger partial charge in [0.15, 0.2) is 12.2 Å². The molecule has 0 heterocycles. The first-order valence-electron chi connectivity index (χ1n) is 8.06. The van der Waals surface area contributed by atoms with Gasteiger partial charge in [-0.3, -0.25) is 4.79 Å². The fraction of sp³-hybridized carbons (Fsp3) is 0.611. The molecule has 3 nitrogen and oxygen atoms in total. The Hall–Kier alpha value is -1.22. The third kappa shape index (κ3) is 6.41. The van der Waals surface area contributed by atoms with Gasteiger partial charge in [0, 0.05) is 11.8 Å². The highest BCUT2D eigenvalue weighted by Gasteiger charge is 2.51. The van der Waals surface area contributed by atoms with Gasteiger partial charge in [-0.15, -0.1) is 0 Å². The van der Waals surface area contributed by atoms with Crippen LogP contribution in [0.4, 0.5) is 22.0 Å². The maximum absolute atomic E-state index is 12.9. The summed E-state index contributed by atoms with van der Waals surface area (Å²) in [5.41, 5.74) is -3.84. The predicted molar refractivity (Wildman–Crippen MR) is 93.7 cm³/mol. The molecule has 0 aromatic heterocycles. The maximum atomic E-state index is 12.9. The lowest BCUT2D eigenvalue weighted by atomic mass is 9.85. The Morgan fingerprint density at radius 2 is 1.56 bits per heavy atom. The van der Waals surface area contributed by atoms with Gasteiger partial charge >= 0.3 is 12.1 Å². The number of esters is 1. The summed E-state index contributed by atoms with van der Waals surface area (Å²) in [6, 6.07) is 5.10. The number of hydrogen-bond acceptors (Lipinski definition) is 3. The number of ether oxygens (including phenoxy) is 1. The number of carbonyl (C=O) groups excluding carboxylic acids is 1. The molecule has 0 aliphatic carbocycles. The van der Waals surface area contributed by atoms with Crippen LogP contribution in [0.2, 0.25) is 0 Å². The SMILES string of the molecule is CC(F)(F)COC(=O)C(C)(C)CC(Br)c1ccc(C(C)(O)C(F)(F)F)cc1. The third-order valence-corrected chi connectivity index (χ3v) is 4.94. The Morgan fingerprint density at radius 1 is 1.07 bits per heavy atom. The van der Waals surface area contributed by atoms with Crippen LogP contribution in [0.1, 0.15) is 50.1 Å². The molecular weight excluding hydrogens is 439 g/mol. The highest BCUT2D eigenvalue weighted by Crippen LogP contribution is 2.41. The molecule has 0 saturated carbocycles. The maximum Gasteiger partial charge on any atom is 0.421 e. The molecule has 0 aliphatic rings. The molecule has 9 heteroatoms. The molecule has 27 heavy (non-hydrogen) atoms. The van der Waals surface area contributed by atoms with E-state index < -0.39 is 40.5 Å². The van der Waals surface area contributed by atoms with E-state index in [1.807, 2.05) is 0 Å². The van der Waals surface area contributed by atoms with Crippen LogP contribution in [0, 0.1) is 5.41 Å². The Balaban J connectivity index is 2.85. The van der Waals surface area contributed by atoms with Crippen molar-refractivity contribution in [3.8, 4) is 0 Å². The van der Waals surface area contributed by atoms with Crippen molar-refractivity contribution in [1.82, 2.24) is 0 Å². The van der Waals surface area contributed by atoms with Crippen LogP contribution in [0.15, 0.2) is 24.3 Å². The molecule has 0 amide bonds. The van der Waals surface area contributed by atoms with Gasteiger partial charge in [-0.25, -0.2) is 8.78 Å². The average Bonchev–Trinajstić information content (AvgIpc) is 2.50. The van der Waals surface area contributed by atoms with Crippen LogP contribution in [0.3, 0.4) is 0 Å². The molecule has 1 aromatic rings. The zero-order chi connectivity index (χ0) is 21.3. The number of alkyl halides is 6. The Labute approximate surface area is 163 Å². The van der Waals surface area contributed by atoms with Gasteiger partial charge in [-0.05, 0) is 38.3 Å². The molecule has 0 spiro atoms. The predicted octanol–water partition coefficient (Wildman–Crippen LogP) is 5.51. The molecule has 0 saturated heterocycles. The lowest BCUT2D eigenvalue weighted by Gasteiger charge is -2.28. The van der Waals surface area contributed by atoms with E-state index in [0.717, 1.165) is 12.1 Å². The smallest absolute Gasteiger partial charge is 0.421 e.